The Labute approximate surface area is 170 Å². The molecule has 0 saturated carbocycles. The Hall–Kier alpha value is -1.92. The molecule has 2 rings (SSSR count). The van der Waals surface area contributed by atoms with Gasteiger partial charge in [0.1, 0.15) is 11.9 Å². The number of Topliss-reactive ketones (excluding diaryl/α,β-unsaturated/α-hetero) is 1. The lowest BCUT2D eigenvalue weighted by Gasteiger charge is -2.15. The molecule has 0 bridgehead atoms. The van der Waals surface area contributed by atoms with Crippen molar-refractivity contribution in [3.63, 3.8) is 0 Å². The average molecular weight is 407 g/mol. The minimum absolute atomic E-state index is 0.0270. The molecule has 2 atom stereocenters. The van der Waals surface area contributed by atoms with E-state index in [9.17, 15) is 9.90 Å². The normalized spacial score (nSPS) is 13.2. The Morgan fingerprint density at radius 3 is 2.43 bits per heavy atom. The third-order valence-corrected chi connectivity index (χ3v) is 4.87. The minimum atomic E-state index is -1.15. The van der Waals surface area contributed by atoms with E-state index >= 15 is 0 Å². The van der Waals surface area contributed by atoms with Crippen molar-refractivity contribution < 1.29 is 24.5 Å². The van der Waals surface area contributed by atoms with Crippen LogP contribution in [0.1, 0.15) is 30.0 Å². The molecule has 152 valence electrons. The van der Waals surface area contributed by atoms with E-state index in [0.717, 1.165) is 22.4 Å². The van der Waals surface area contributed by atoms with Gasteiger partial charge in [0.15, 0.2) is 5.78 Å². The zero-order valence-corrected chi connectivity index (χ0v) is 17.0. The highest BCUT2D eigenvalue weighted by molar-refractivity contribution is 6.31. The van der Waals surface area contributed by atoms with E-state index in [2.05, 4.69) is 0 Å². The van der Waals surface area contributed by atoms with Crippen molar-refractivity contribution in [3.05, 3.63) is 64.2 Å². The molecule has 2 aromatic carbocycles. The van der Waals surface area contributed by atoms with Gasteiger partial charge in [-0.2, -0.15) is 0 Å². The Morgan fingerprint density at radius 1 is 1.14 bits per heavy atom. The van der Waals surface area contributed by atoms with E-state index in [0.29, 0.717) is 18.1 Å². The zero-order chi connectivity index (χ0) is 20.5. The molecule has 0 radical (unpaired) electrons. The van der Waals surface area contributed by atoms with Crippen LogP contribution in [0.4, 0.5) is 0 Å². The second-order valence-corrected chi connectivity index (χ2v) is 7.02. The maximum atomic E-state index is 12.1. The molecule has 0 aliphatic heterocycles. The smallest absolute Gasteiger partial charge is 0.164 e. The Balaban J connectivity index is 2.04. The molecule has 2 aromatic rings. The van der Waals surface area contributed by atoms with Crippen molar-refractivity contribution in [2.24, 2.45) is 0 Å². The van der Waals surface area contributed by atoms with Crippen LogP contribution in [-0.4, -0.2) is 48.5 Å². The standard InChI is InChI=1S/C22H27ClO5/c1-3-28-18-7-4-15(5-8-18)10-17-11-16(6-9-20(17)23)12-21(25)22(26)13-19(14-24)27-2/h4-9,11,19,21,24-25H,3,10,12-14H2,1-2H3. The van der Waals surface area contributed by atoms with Gasteiger partial charge in [-0.05, 0) is 48.2 Å². The number of halogens is 1. The van der Waals surface area contributed by atoms with Gasteiger partial charge in [-0.25, -0.2) is 0 Å². The van der Waals surface area contributed by atoms with Crippen LogP contribution in [0.25, 0.3) is 0 Å². The summed E-state index contributed by atoms with van der Waals surface area (Å²) in [7, 11) is 1.42. The van der Waals surface area contributed by atoms with Gasteiger partial charge < -0.3 is 19.7 Å². The van der Waals surface area contributed by atoms with E-state index in [-0.39, 0.29) is 25.2 Å². The van der Waals surface area contributed by atoms with Gasteiger partial charge in [0.05, 0.1) is 19.3 Å². The van der Waals surface area contributed by atoms with Crippen LogP contribution in [0.5, 0.6) is 5.75 Å². The molecule has 0 aliphatic rings. The maximum absolute atomic E-state index is 12.1. The number of methoxy groups -OCH3 is 1. The van der Waals surface area contributed by atoms with Crippen LogP contribution in [0.15, 0.2) is 42.5 Å². The molecule has 6 heteroatoms. The number of carbonyl (C=O) groups excluding carboxylic acids is 1. The van der Waals surface area contributed by atoms with Crippen LogP contribution >= 0.6 is 11.6 Å². The molecule has 2 N–H and O–H groups in total. The molecule has 28 heavy (non-hydrogen) atoms. The Bertz CT molecular complexity index is 756. The number of hydrogen-bond acceptors (Lipinski definition) is 5. The first-order valence-electron chi connectivity index (χ1n) is 9.30. The number of carbonyl (C=O) groups is 1. The van der Waals surface area contributed by atoms with Crippen molar-refractivity contribution >= 4 is 17.4 Å². The highest BCUT2D eigenvalue weighted by Gasteiger charge is 2.20. The predicted octanol–water partition coefficient (Wildman–Crippen LogP) is 3.20. The molecule has 5 nitrogen and oxygen atoms in total. The number of ether oxygens (including phenoxy) is 2. The summed E-state index contributed by atoms with van der Waals surface area (Å²) in [6.07, 6.45) is -0.944. The summed E-state index contributed by atoms with van der Waals surface area (Å²) in [4.78, 5) is 12.1. The monoisotopic (exact) mass is 406 g/mol. The maximum Gasteiger partial charge on any atom is 0.164 e. The SMILES string of the molecule is CCOc1ccc(Cc2cc(CC(O)C(=O)CC(CO)OC)ccc2Cl)cc1. The number of rotatable bonds is 11. The van der Waals surface area contributed by atoms with Crippen LogP contribution in [-0.2, 0) is 22.4 Å². The fourth-order valence-electron chi connectivity index (χ4n) is 2.90. The van der Waals surface area contributed by atoms with Crippen molar-refractivity contribution in [2.75, 3.05) is 20.3 Å². The van der Waals surface area contributed by atoms with Gasteiger partial charge in [0.25, 0.3) is 0 Å². The van der Waals surface area contributed by atoms with Gasteiger partial charge in [-0.15, -0.1) is 0 Å². The minimum Gasteiger partial charge on any atom is -0.494 e. The first-order valence-corrected chi connectivity index (χ1v) is 9.68. The first-order chi connectivity index (χ1) is 13.5. The number of hydrogen-bond donors (Lipinski definition) is 2. The Morgan fingerprint density at radius 2 is 1.82 bits per heavy atom. The average Bonchev–Trinajstić information content (AvgIpc) is 2.70. The Kier molecular flexibility index (Phi) is 8.93. The van der Waals surface area contributed by atoms with Crippen LogP contribution in [0.3, 0.4) is 0 Å². The van der Waals surface area contributed by atoms with Gasteiger partial charge in [-0.1, -0.05) is 35.9 Å². The van der Waals surface area contributed by atoms with Gasteiger partial charge in [0.2, 0.25) is 0 Å². The summed E-state index contributed by atoms with van der Waals surface area (Å²) < 4.78 is 10.4. The third-order valence-electron chi connectivity index (χ3n) is 4.51. The van der Waals surface area contributed by atoms with Gasteiger partial charge >= 0.3 is 0 Å². The van der Waals surface area contributed by atoms with Gasteiger partial charge in [0, 0.05) is 25.0 Å². The van der Waals surface area contributed by atoms with Crippen molar-refractivity contribution in [1.82, 2.24) is 0 Å². The summed E-state index contributed by atoms with van der Waals surface area (Å²) in [5, 5.41) is 20.0. The number of benzene rings is 2. The highest BCUT2D eigenvalue weighted by atomic mass is 35.5. The molecule has 0 aromatic heterocycles. The molecule has 0 saturated heterocycles. The fraction of sp³-hybridized carbons (Fsp3) is 0.409. The topological polar surface area (TPSA) is 76.0 Å². The molecule has 0 heterocycles. The summed E-state index contributed by atoms with van der Waals surface area (Å²) in [5.41, 5.74) is 2.84. The fourth-order valence-corrected chi connectivity index (χ4v) is 3.08. The molecular formula is C22H27ClO5. The largest absolute Gasteiger partial charge is 0.494 e. The van der Waals surface area contributed by atoms with Crippen LogP contribution < -0.4 is 4.74 Å². The van der Waals surface area contributed by atoms with Crippen LogP contribution in [0.2, 0.25) is 5.02 Å². The van der Waals surface area contributed by atoms with Gasteiger partial charge in [-0.3, -0.25) is 4.79 Å². The molecule has 0 aliphatic carbocycles. The number of ketones is 1. The number of aliphatic hydroxyl groups excluding tert-OH is 2. The molecule has 2 unspecified atom stereocenters. The van der Waals surface area contributed by atoms with Crippen molar-refractivity contribution in [2.45, 2.75) is 38.4 Å². The summed E-state index contributed by atoms with van der Waals surface area (Å²) >= 11 is 6.33. The second kappa shape index (κ2) is 11.2. The predicted molar refractivity (Wildman–Crippen MR) is 109 cm³/mol. The molecule has 0 amide bonds. The lowest BCUT2D eigenvalue weighted by Crippen LogP contribution is -2.29. The number of aliphatic hydroxyl groups is 2. The van der Waals surface area contributed by atoms with Crippen LogP contribution in [0, 0.1) is 0 Å². The van der Waals surface area contributed by atoms with E-state index in [1.807, 2.05) is 37.3 Å². The lowest BCUT2D eigenvalue weighted by atomic mass is 9.97. The lowest BCUT2D eigenvalue weighted by molar-refractivity contribution is -0.130. The summed E-state index contributed by atoms with van der Waals surface area (Å²) in [5.74, 6) is 0.467. The summed E-state index contributed by atoms with van der Waals surface area (Å²) in [6, 6.07) is 13.3. The quantitative estimate of drug-likeness (QED) is 0.599. The van der Waals surface area contributed by atoms with E-state index in [1.165, 1.54) is 7.11 Å². The van der Waals surface area contributed by atoms with E-state index < -0.39 is 12.2 Å². The van der Waals surface area contributed by atoms with Crippen molar-refractivity contribution in [1.29, 1.82) is 0 Å². The zero-order valence-electron chi connectivity index (χ0n) is 16.2. The molecular weight excluding hydrogens is 380 g/mol. The first kappa shape index (κ1) is 22.4. The molecule has 0 spiro atoms. The highest BCUT2D eigenvalue weighted by Crippen LogP contribution is 2.23. The summed E-state index contributed by atoms with van der Waals surface area (Å²) in [6.45, 7) is 2.30. The third kappa shape index (κ3) is 6.60. The second-order valence-electron chi connectivity index (χ2n) is 6.61. The van der Waals surface area contributed by atoms with E-state index in [1.54, 1.807) is 12.1 Å². The molecule has 0 fully saturated rings. The van der Waals surface area contributed by atoms with E-state index in [4.69, 9.17) is 26.2 Å². The van der Waals surface area contributed by atoms with Crippen molar-refractivity contribution in [3.8, 4) is 5.75 Å².